The van der Waals surface area contributed by atoms with Crippen LogP contribution in [0.3, 0.4) is 0 Å². The highest BCUT2D eigenvalue weighted by atomic mass is 19.3. The van der Waals surface area contributed by atoms with Crippen LogP contribution in [0, 0.1) is 5.92 Å². The van der Waals surface area contributed by atoms with Gasteiger partial charge in [-0.2, -0.15) is 0 Å². The van der Waals surface area contributed by atoms with Crippen LogP contribution >= 0.6 is 0 Å². The average molecular weight is 242 g/mol. The van der Waals surface area contributed by atoms with Gasteiger partial charge in [-0.15, -0.1) is 0 Å². The Bertz CT molecular complexity index is 420. The third kappa shape index (κ3) is 2.93. The molecular weight excluding hydrogens is 230 g/mol. The number of alkyl halides is 2. The molecule has 0 spiro atoms. The molecule has 0 unspecified atom stereocenters. The molecule has 5 heteroatoms. The second-order valence-electron chi connectivity index (χ2n) is 4.06. The fourth-order valence-electron chi connectivity index (χ4n) is 1.83. The van der Waals surface area contributed by atoms with Gasteiger partial charge < -0.3 is 9.84 Å². The second kappa shape index (κ2) is 4.69. The van der Waals surface area contributed by atoms with Crippen molar-refractivity contribution >= 4 is 5.97 Å². The normalized spacial score (nSPS) is 22.5. The number of carboxylic acids is 1. The molecule has 1 aliphatic carbocycles. The van der Waals surface area contributed by atoms with Crippen LogP contribution in [0.1, 0.15) is 17.9 Å². The highest BCUT2D eigenvalue weighted by Gasteiger charge is 2.44. The fraction of sp³-hybridized carbons (Fsp3) is 0.417. The molecule has 1 aliphatic rings. The molecule has 1 aromatic carbocycles. The average Bonchev–Trinajstić information content (AvgIpc) is 3.06. The number of hydrogen-bond donors (Lipinski definition) is 1. The third-order valence-electron chi connectivity index (χ3n) is 2.77. The fourth-order valence-corrected chi connectivity index (χ4v) is 1.83. The van der Waals surface area contributed by atoms with E-state index in [9.17, 15) is 13.6 Å². The third-order valence-corrected chi connectivity index (χ3v) is 2.77. The first-order chi connectivity index (χ1) is 8.08. The molecule has 0 aliphatic heterocycles. The summed E-state index contributed by atoms with van der Waals surface area (Å²) >= 11 is 0. The molecule has 1 saturated carbocycles. The maximum atomic E-state index is 12.0. The summed E-state index contributed by atoms with van der Waals surface area (Å²) in [5.41, 5.74) is 0.837. The van der Waals surface area contributed by atoms with Crippen molar-refractivity contribution in [2.24, 2.45) is 5.92 Å². The van der Waals surface area contributed by atoms with Crippen molar-refractivity contribution in [3.63, 3.8) is 0 Å². The van der Waals surface area contributed by atoms with E-state index in [1.54, 1.807) is 24.3 Å². The van der Waals surface area contributed by atoms with Gasteiger partial charge in [-0.05, 0) is 30.0 Å². The monoisotopic (exact) mass is 242 g/mol. The number of carbonyl (C=O) groups is 1. The lowest BCUT2D eigenvalue weighted by atomic mass is 10.1. The van der Waals surface area contributed by atoms with Crippen LogP contribution in [-0.2, 0) is 4.79 Å². The van der Waals surface area contributed by atoms with Gasteiger partial charge in [0.15, 0.2) is 0 Å². The summed E-state index contributed by atoms with van der Waals surface area (Å²) in [6.07, 6.45) is -1.90. The minimum absolute atomic E-state index is 0.0115. The lowest BCUT2D eigenvalue weighted by Gasteiger charge is -2.07. The van der Waals surface area contributed by atoms with E-state index < -0.39 is 19.0 Å². The van der Waals surface area contributed by atoms with E-state index in [2.05, 4.69) is 0 Å². The number of ether oxygens (including phenoxy) is 1. The Balaban J connectivity index is 2.00. The summed E-state index contributed by atoms with van der Waals surface area (Å²) in [5, 5.41) is 8.80. The molecule has 92 valence electrons. The molecular formula is C12H12F2O3. The molecule has 0 radical (unpaired) electrons. The summed E-state index contributed by atoms with van der Waals surface area (Å²) < 4.78 is 28.8. The molecule has 0 bridgehead atoms. The van der Waals surface area contributed by atoms with Gasteiger partial charge in [-0.3, -0.25) is 4.79 Å². The van der Waals surface area contributed by atoms with E-state index in [0.717, 1.165) is 5.56 Å². The summed E-state index contributed by atoms with van der Waals surface area (Å²) in [6, 6.07) is 6.70. The van der Waals surface area contributed by atoms with Crippen molar-refractivity contribution < 1.29 is 23.4 Å². The van der Waals surface area contributed by atoms with Crippen LogP contribution in [-0.4, -0.2) is 24.1 Å². The van der Waals surface area contributed by atoms with Gasteiger partial charge in [0.05, 0.1) is 5.92 Å². The summed E-state index contributed by atoms with van der Waals surface area (Å²) in [5.74, 6) is -0.810. The van der Waals surface area contributed by atoms with Crippen molar-refractivity contribution in [3.05, 3.63) is 29.8 Å². The van der Waals surface area contributed by atoms with Gasteiger partial charge in [0.2, 0.25) is 0 Å². The Hall–Kier alpha value is -1.65. The summed E-state index contributed by atoms with van der Waals surface area (Å²) in [6.45, 7) is -0.642. The van der Waals surface area contributed by atoms with Gasteiger partial charge in [0.25, 0.3) is 6.43 Å². The van der Waals surface area contributed by atoms with Crippen LogP contribution < -0.4 is 4.74 Å². The van der Waals surface area contributed by atoms with Crippen LogP contribution in [0.5, 0.6) is 5.75 Å². The number of halogens is 2. The highest BCUT2D eigenvalue weighted by Crippen LogP contribution is 2.48. The number of carboxylic acid groups (broad SMARTS) is 1. The first-order valence-corrected chi connectivity index (χ1v) is 5.31. The van der Waals surface area contributed by atoms with Crippen LogP contribution in [0.15, 0.2) is 24.3 Å². The first kappa shape index (κ1) is 11.8. The van der Waals surface area contributed by atoms with Crippen molar-refractivity contribution in [3.8, 4) is 5.75 Å². The molecule has 1 N–H and O–H groups in total. The summed E-state index contributed by atoms with van der Waals surface area (Å²) in [7, 11) is 0. The quantitative estimate of drug-likeness (QED) is 0.863. The predicted octanol–water partition coefficient (Wildman–Crippen LogP) is 2.52. The van der Waals surface area contributed by atoms with Gasteiger partial charge in [0.1, 0.15) is 12.4 Å². The molecule has 1 aromatic rings. The number of aliphatic carboxylic acids is 1. The zero-order valence-electron chi connectivity index (χ0n) is 8.98. The molecule has 0 heterocycles. The Morgan fingerprint density at radius 2 is 2.29 bits per heavy atom. The molecule has 0 amide bonds. The van der Waals surface area contributed by atoms with Gasteiger partial charge in [0, 0.05) is 0 Å². The van der Waals surface area contributed by atoms with Gasteiger partial charge in [-0.25, -0.2) is 8.78 Å². The van der Waals surface area contributed by atoms with E-state index in [1.807, 2.05) is 0 Å². The predicted molar refractivity (Wildman–Crippen MR) is 56.4 cm³/mol. The Kier molecular flexibility index (Phi) is 3.26. The van der Waals surface area contributed by atoms with Crippen LogP contribution in [0.2, 0.25) is 0 Å². The van der Waals surface area contributed by atoms with Crippen molar-refractivity contribution in [1.29, 1.82) is 0 Å². The number of hydrogen-bond acceptors (Lipinski definition) is 2. The smallest absolute Gasteiger partial charge is 0.307 e. The minimum Gasteiger partial charge on any atom is -0.488 e. The Morgan fingerprint density at radius 3 is 2.88 bits per heavy atom. The molecule has 1 fully saturated rings. The van der Waals surface area contributed by atoms with E-state index in [0.29, 0.717) is 12.2 Å². The number of benzene rings is 1. The van der Waals surface area contributed by atoms with Gasteiger partial charge in [-0.1, -0.05) is 12.1 Å². The first-order valence-electron chi connectivity index (χ1n) is 5.31. The SMILES string of the molecule is O=C(O)[C@H]1C[C@@H]1c1cccc(OCC(F)F)c1. The maximum absolute atomic E-state index is 12.0. The molecule has 2 atom stereocenters. The molecule has 0 aromatic heterocycles. The maximum Gasteiger partial charge on any atom is 0.307 e. The molecule has 17 heavy (non-hydrogen) atoms. The molecule has 0 saturated heterocycles. The van der Waals surface area contributed by atoms with Crippen molar-refractivity contribution in [2.75, 3.05) is 6.61 Å². The van der Waals surface area contributed by atoms with Crippen LogP contribution in [0.25, 0.3) is 0 Å². The lowest BCUT2D eigenvalue weighted by molar-refractivity contribution is -0.138. The zero-order valence-corrected chi connectivity index (χ0v) is 8.98. The zero-order chi connectivity index (χ0) is 12.4. The highest BCUT2D eigenvalue weighted by molar-refractivity contribution is 5.75. The number of rotatable bonds is 5. The van der Waals surface area contributed by atoms with Crippen LogP contribution in [0.4, 0.5) is 8.78 Å². The topological polar surface area (TPSA) is 46.5 Å². The van der Waals surface area contributed by atoms with E-state index in [4.69, 9.17) is 9.84 Å². The van der Waals surface area contributed by atoms with Gasteiger partial charge >= 0.3 is 5.97 Å². The minimum atomic E-state index is -2.51. The second-order valence-corrected chi connectivity index (χ2v) is 4.06. The summed E-state index contributed by atoms with van der Waals surface area (Å²) in [4.78, 5) is 10.7. The Morgan fingerprint density at radius 1 is 1.53 bits per heavy atom. The van der Waals surface area contributed by atoms with E-state index in [1.165, 1.54) is 0 Å². The largest absolute Gasteiger partial charge is 0.488 e. The van der Waals surface area contributed by atoms with E-state index >= 15 is 0 Å². The molecule has 3 nitrogen and oxygen atoms in total. The van der Waals surface area contributed by atoms with Crippen molar-refractivity contribution in [1.82, 2.24) is 0 Å². The molecule has 2 rings (SSSR count). The lowest BCUT2D eigenvalue weighted by Crippen LogP contribution is -2.07. The van der Waals surface area contributed by atoms with Crippen molar-refractivity contribution in [2.45, 2.75) is 18.8 Å². The standard InChI is InChI=1S/C12H12F2O3/c13-11(14)6-17-8-3-1-2-7(4-8)9-5-10(9)12(15)16/h1-4,9-11H,5-6H2,(H,15,16)/t9-,10+/m1/s1. The van der Waals surface area contributed by atoms with E-state index in [-0.39, 0.29) is 11.8 Å². The Labute approximate surface area is 97.0 Å².